The molecule has 0 radical (unpaired) electrons. The molecule has 0 saturated carbocycles. The van der Waals surface area contributed by atoms with E-state index in [-0.39, 0.29) is 12.5 Å². The second-order valence-corrected chi connectivity index (χ2v) is 6.31. The van der Waals surface area contributed by atoms with E-state index in [0.717, 1.165) is 13.1 Å². The van der Waals surface area contributed by atoms with E-state index in [4.69, 9.17) is 0 Å². The Bertz CT molecular complexity index is 678. The standard InChI is InChI=1S/C18H24N4O2/c23-14(13-22-10-3-1-2-4-11-22)12-21-18(24)15-6-5-7-16-17(15)20-9-8-19-16/h5-9,14,23H,1-4,10-13H2,(H,21,24)/t14-/m0/s1. The van der Waals surface area contributed by atoms with Gasteiger partial charge < -0.3 is 15.3 Å². The van der Waals surface area contributed by atoms with Gasteiger partial charge in [-0.2, -0.15) is 0 Å². The Morgan fingerprint density at radius 2 is 1.92 bits per heavy atom. The third-order valence-electron chi connectivity index (χ3n) is 4.41. The van der Waals surface area contributed by atoms with Gasteiger partial charge in [-0.05, 0) is 38.1 Å². The third-order valence-corrected chi connectivity index (χ3v) is 4.41. The zero-order valence-electron chi connectivity index (χ0n) is 13.8. The number of carbonyl (C=O) groups is 1. The topological polar surface area (TPSA) is 78.4 Å². The highest BCUT2D eigenvalue weighted by molar-refractivity contribution is 6.04. The number of para-hydroxylation sites is 1. The first-order valence-corrected chi connectivity index (χ1v) is 8.62. The summed E-state index contributed by atoms with van der Waals surface area (Å²) < 4.78 is 0. The minimum Gasteiger partial charge on any atom is -0.390 e. The SMILES string of the molecule is O=C(NC[C@H](O)CN1CCCCCC1)c1cccc2nccnc12. The van der Waals surface area contributed by atoms with Crippen molar-refractivity contribution in [2.24, 2.45) is 0 Å². The van der Waals surface area contributed by atoms with Gasteiger partial charge >= 0.3 is 0 Å². The van der Waals surface area contributed by atoms with Crippen LogP contribution in [0.25, 0.3) is 11.0 Å². The van der Waals surface area contributed by atoms with E-state index in [1.807, 2.05) is 6.07 Å². The Morgan fingerprint density at radius 3 is 2.71 bits per heavy atom. The molecule has 0 unspecified atom stereocenters. The average molecular weight is 328 g/mol. The predicted octanol–water partition coefficient (Wildman–Crippen LogP) is 1.60. The maximum Gasteiger partial charge on any atom is 0.253 e. The Labute approximate surface area is 141 Å². The molecule has 2 aromatic rings. The smallest absolute Gasteiger partial charge is 0.253 e. The fraction of sp³-hybridized carbons (Fsp3) is 0.500. The number of aliphatic hydroxyl groups excluding tert-OH is 1. The Kier molecular flexibility index (Phi) is 5.72. The van der Waals surface area contributed by atoms with E-state index in [1.165, 1.54) is 25.7 Å². The molecule has 1 saturated heterocycles. The van der Waals surface area contributed by atoms with Gasteiger partial charge in [0.05, 0.1) is 17.2 Å². The second kappa shape index (κ2) is 8.17. The molecule has 1 aromatic heterocycles. The number of benzene rings is 1. The molecule has 2 heterocycles. The zero-order valence-corrected chi connectivity index (χ0v) is 13.8. The Hall–Kier alpha value is -2.05. The van der Waals surface area contributed by atoms with Gasteiger partial charge in [-0.15, -0.1) is 0 Å². The number of likely N-dealkylation sites (tertiary alicyclic amines) is 1. The van der Waals surface area contributed by atoms with Crippen LogP contribution in [0.4, 0.5) is 0 Å². The van der Waals surface area contributed by atoms with Crippen LogP contribution in [0.2, 0.25) is 0 Å². The number of fused-ring (bicyclic) bond motifs is 1. The van der Waals surface area contributed by atoms with Gasteiger partial charge in [0.15, 0.2) is 0 Å². The molecule has 1 atom stereocenters. The minimum absolute atomic E-state index is 0.226. The van der Waals surface area contributed by atoms with Crippen LogP contribution >= 0.6 is 0 Å². The molecular weight excluding hydrogens is 304 g/mol. The first-order valence-electron chi connectivity index (χ1n) is 8.62. The van der Waals surface area contributed by atoms with Crippen molar-refractivity contribution in [3.05, 3.63) is 36.2 Å². The van der Waals surface area contributed by atoms with Gasteiger partial charge in [0.25, 0.3) is 5.91 Å². The van der Waals surface area contributed by atoms with Crippen molar-refractivity contribution in [2.45, 2.75) is 31.8 Å². The second-order valence-electron chi connectivity index (χ2n) is 6.31. The molecule has 1 aromatic carbocycles. The molecule has 24 heavy (non-hydrogen) atoms. The summed E-state index contributed by atoms with van der Waals surface area (Å²) in [5.74, 6) is -0.226. The fourth-order valence-corrected chi connectivity index (χ4v) is 3.16. The molecule has 1 amide bonds. The summed E-state index contributed by atoms with van der Waals surface area (Å²) in [6.07, 6.45) is 7.54. The maximum atomic E-state index is 12.4. The van der Waals surface area contributed by atoms with Crippen molar-refractivity contribution >= 4 is 16.9 Å². The van der Waals surface area contributed by atoms with E-state index in [0.29, 0.717) is 23.1 Å². The van der Waals surface area contributed by atoms with Crippen LogP contribution in [0, 0.1) is 0 Å². The van der Waals surface area contributed by atoms with E-state index in [1.54, 1.807) is 24.5 Å². The van der Waals surface area contributed by atoms with Crippen LogP contribution < -0.4 is 5.32 Å². The van der Waals surface area contributed by atoms with Gasteiger partial charge in [0.2, 0.25) is 0 Å². The molecule has 2 N–H and O–H groups in total. The van der Waals surface area contributed by atoms with Crippen molar-refractivity contribution < 1.29 is 9.90 Å². The summed E-state index contributed by atoms with van der Waals surface area (Å²) in [6.45, 7) is 2.91. The highest BCUT2D eigenvalue weighted by atomic mass is 16.3. The van der Waals surface area contributed by atoms with E-state index in [2.05, 4.69) is 20.2 Å². The number of nitrogens with zero attached hydrogens (tertiary/aromatic N) is 3. The molecule has 6 nitrogen and oxygen atoms in total. The molecular formula is C18H24N4O2. The van der Waals surface area contributed by atoms with Gasteiger partial charge in [-0.3, -0.25) is 14.8 Å². The Morgan fingerprint density at radius 1 is 1.17 bits per heavy atom. The van der Waals surface area contributed by atoms with E-state index in [9.17, 15) is 9.90 Å². The van der Waals surface area contributed by atoms with Crippen LogP contribution in [-0.2, 0) is 0 Å². The number of nitrogens with one attached hydrogen (secondary N) is 1. The van der Waals surface area contributed by atoms with Crippen molar-refractivity contribution in [2.75, 3.05) is 26.2 Å². The molecule has 128 valence electrons. The average Bonchev–Trinajstić information content (AvgIpc) is 2.88. The summed E-state index contributed by atoms with van der Waals surface area (Å²) in [5, 5.41) is 13.0. The fourth-order valence-electron chi connectivity index (χ4n) is 3.16. The van der Waals surface area contributed by atoms with Crippen molar-refractivity contribution in [3.63, 3.8) is 0 Å². The minimum atomic E-state index is -0.562. The summed E-state index contributed by atoms with van der Waals surface area (Å²) in [7, 11) is 0. The molecule has 3 rings (SSSR count). The number of aliphatic hydroxyl groups is 1. The number of hydrogen-bond acceptors (Lipinski definition) is 5. The van der Waals surface area contributed by atoms with Gasteiger partial charge in [0, 0.05) is 25.5 Å². The molecule has 0 bridgehead atoms. The van der Waals surface area contributed by atoms with Crippen LogP contribution in [-0.4, -0.2) is 58.2 Å². The first kappa shape index (κ1) is 16.8. The summed E-state index contributed by atoms with van der Waals surface area (Å²) in [6, 6.07) is 5.35. The number of hydrogen-bond donors (Lipinski definition) is 2. The maximum absolute atomic E-state index is 12.4. The largest absolute Gasteiger partial charge is 0.390 e. The van der Waals surface area contributed by atoms with Crippen LogP contribution in [0.15, 0.2) is 30.6 Å². The molecule has 1 fully saturated rings. The number of rotatable bonds is 5. The molecule has 1 aliphatic rings. The van der Waals surface area contributed by atoms with Gasteiger partial charge in [-0.25, -0.2) is 0 Å². The predicted molar refractivity (Wildman–Crippen MR) is 92.8 cm³/mol. The molecule has 6 heteroatoms. The monoisotopic (exact) mass is 328 g/mol. The lowest BCUT2D eigenvalue weighted by atomic mass is 10.1. The van der Waals surface area contributed by atoms with Gasteiger partial charge in [-0.1, -0.05) is 18.9 Å². The first-order chi connectivity index (χ1) is 11.7. The summed E-state index contributed by atoms with van der Waals surface area (Å²) >= 11 is 0. The van der Waals surface area contributed by atoms with Crippen LogP contribution in [0.3, 0.4) is 0 Å². The zero-order chi connectivity index (χ0) is 16.8. The Balaban J connectivity index is 1.56. The van der Waals surface area contributed by atoms with E-state index < -0.39 is 6.10 Å². The summed E-state index contributed by atoms with van der Waals surface area (Å²) in [4.78, 5) is 23.1. The quantitative estimate of drug-likeness (QED) is 0.871. The summed E-state index contributed by atoms with van der Waals surface area (Å²) in [5.41, 5.74) is 1.76. The molecule has 1 aliphatic heterocycles. The van der Waals surface area contributed by atoms with Gasteiger partial charge in [0.1, 0.15) is 5.52 Å². The highest BCUT2D eigenvalue weighted by Gasteiger charge is 2.16. The molecule has 0 aliphatic carbocycles. The normalized spacial score (nSPS) is 17.4. The number of β-amino-alcohol motifs (C(OH)–C–C–N with tert-alkyl or cyclic N) is 1. The van der Waals surface area contributed by atoms with Crippen molar-refractivity contribution in [1.82, 2.24) is 20.2 Å². The number of carbonyl (C=O) groups excluding carboxylic acids is 1. The van der Waals surface area contributed by atoms with Crippen LogP contribution in [0.5, 0.6) is 0 Å². The lowest BCUT2D eigenvalue weighted by Crippen LogP contribution is -2.40. The van der Waals surface area contributed by atoms with Crippen molar-refractivity contribution in [3.8, 4) is 0 Å². The third kappa shape index (κ3) is 4.27. The highest BCUT2D eigenvalue weighted by Crippen LogP contribution is 2.13. The number of aromatic nitrogens is 2. The van der Waals surface area contributed by atoms with E-state index >= 15 is 0 Å². The lowest BCUT2D eigenvalue weighted by molar-refractivity contribution is 0.0864. The van der Waals surface area contributed by atoms with Crippen LogP contribution in [0.1, 0.15) is 36.0 Å². The lowest BCUT2D eigenvalue weighted by Gasteiger charge is -2.23. The molecule has 0 spiro atoms. The number of amides is 1. The van der Waals surface area contributed by atoms with Crippen molar-refractivity contribution in [1.29, 1.82) is 0 Å².